The van der Waals surface area contributed by atoms with Gasteiger partial charge in [0.15, 0.2) is 0 Å². The van der Waals surface area contributed by atoms with Crippen LogP contribution in [0.25, 0.3) is 6.08 Å². The molecule has 0 aliphatic rings. The normalized spacial score (nSPS) is 10.3. The molecule has 0 radical (unpaired) electrons. The fourth-order valence-corrected chi connectivity index (χ4v) is 1.11. The van der Waals surface area contributed by atoms with Gasteiger partial charge in [-0.2, -0.15) is 0 Å². The van der Waals surface area contributed by atoms with Crippen LogP contribution in [0.4, 0.5) is 0 Å². The Morgan fingerprint density at radius 1 is 1.33 bits per heavy atom. The van der Waals surface area contributed by atoms with Crippen LogP contribution >= 0.6 is 0 Å². The van der Waals surface area contributed by atoms with Crippen molar-refractivity contribution >= 4 is 12.0 Å². The van der Waals surface area contributed by atoms with Gasteiger partial charge in [0.25, 0.3) is 0 Å². The maximum absolute atomic E-state index is 10.2. The summed E-state index contributed by atoms with van der Waals surface area (Å²) < 4.78 is 10.1. The highest BCUT2D eigenvalue weighted by Gasteiger charge is 2.01. The molecular weight excluding hydrogens is 196 g/mol. The summed E-state index contributed by atoms with van der Waals surface area (Å²) in [6.45, 7) is 0. The predicted molar refractivity (Wildman–Crippen MR) is 53.6 cm³/mol. The van der Waals surface area contributed by atoms with Crippen molar-refractivity contribution in [2.24, 2.45) is 0 Å². The topological polar surface area (TPSA) is 58.6 Å². The minimum Gasteiger partial charge on any atom is -0.545 e. The van der Waals surface area contributed by atoms with E-state index in [-0.39, 0.29) is 0 Å². The molecule has 0 fully saturated rings. The lowest BCUT2D eigenvalue weighted by molar-refractivity contribution is -0.297. The zero-order valence-corrected chi connectivity index (χ0v) is 8.52. The summed E-state index contributed by atoms with van der Waals surface area (Å²) >= 11 is 0. The van der Waals surface area contributed by atoms with Gasteiger partial charge < -0.3 is 19.4 Å². The Morgan fingerprint density at radius 2 is 2.07 bits per heavy atom. The van der Waals surface area contributed by atoms with E-state index in [0.29, 0.717) is 17.1 Å². The number of benzene rings is 1. The van der Waals surface area contributed by atoms with E-state index in [9.17, 15) is 9.90 Å². The monoisotopic (exact) mass is 207 g/mol. The molecule has 80 valence electrons. The average molecular weight is 207 g/mol. The van der Waals surface area contributed by atoms with Gasteiger partial charge in [0.2, 0.25) is 0 Å². The Hall–Kier alpha value is -1.97. The molecule has 0 amide bonds. The summed E-state index contributed by atoms with van der Waals surface area (Å²) in [5.74, 6) is -0.0443. The van der Waals surface area contributed by atoms with Crippen molar-refractivity contribution in [1.82, 2.24) is 0 Å². The van der Waals surface area contributed by atoms with Crippen LogP contribution in [0.3, 0.4) is 0 Å². The van der Waals surface area contributed by atoms with E-state index in [1.54, 1.807) is 25.3 Å². The summed E-state index contributed by atoms with van der Waals surface area (Å²) in [5.41, 5.74) is 0.655. The number of ether oxygens (including phenoxy) is 2. The average Bonchev–Trinajstić information content (AvgIpc) is 2.25. The number of carboxylic acids is 1. The van der Waals surface area contributed by atoms with Crippen LogP contribution in [-0.2, 0) is 4.79 Å². The van der Waals surface area contributed by atoms with E-state index in [1.807, 2.05) is 0 Å². The molecule has 1 aromatic rings. The Kier molecular flexibility index (Phi) is 3.74. The van der Waals surface area contributed by atoms with Gasteiger partial charge in [0, 0.05) is 11.6 Å². The molecule has 4 heteroatoms. The maximum atomic E-state index is 10.2. The van der Waals surface area contributed by atoms with E-state index in [2.05, 4.69) is 0 Å². The van der Waals surface area contributed by atoms with E-state index in [1.165, 1.54) is 13.2 Å². The molecule has 0 N–H and O–H groups in total. The largest absolute Gasteiger partial charge is 0.545 e. The number of rotatable bonds is 4. The predicted octanol–water partition coefficient (Wildman–Crippen LogP) is 0.467. The number of carboxylic acid groups (broad SMARTS) is 1. The summed E-state index contributed by atoms with van der Waals surface area (Å²) in [5, 5.41) is 10.2. The summed E-state index contributed by atoms with van der Waals surface area (Å²) in [7, 11) is 3.05. The van der Waals surface area contributed by atoms with Crippen LogP contribution in [0.5, 0.6) is 11.5 Å². The van der Waals surface area contributed by atoms with E-state index >= 15 is 0 Å². The minimum atomic E-state index is -1.24. The van der Waals surface area contributed by atoms with Gasteiger partial charge >= 0.3 is 0 Å². The summed E-state index contributed by atoms with van der Waals surface area (Å²) in [6.07, 6.45) is 2.36. The van der Waals surface area contributed by atoms with Gasteiger partial charge in [-0.15, -0.1) is 0 Å². The van der Waals surface area contributed by atoms with Gasteiger partial charge in [0.05, 0.1) is 20.2 Å². The van der Waals surface area contributed by atoms with Crippen LogP contribution in [-0.4, -0.2) is 20.2 Å². The van der Waals surface area contributed by atoms with E-state index in [4.69, 9.17) is 9.47 Å². The molecule has 15 heavy (non-hydrogen) atoms. The fourth-order valence-electron chi connectivity index (χ4n) is 1.11. The van der Waals surface area contributed by atoms with Gasteiger partial charge in [-0.3, -0.25) is 0 Å². The first kappa shape index (κ1) is 11.1. The summed E-state index contributed by atoms with van der Waals surface area (Å²) in [4.78, 5) is 10.2. The Morgan fingerprint density at radius 3 is 2.60 bits per heavy atom. The van der Waals surface area contributed by atoms with Crippen molar-refractivity contribution in [3.63, 3.8) is 0 Å². The first-order valence-corrected chi connectivity index (χ1v) is 4.28. The molecule has 0 saturated heterocycles. The van der Waals surface area contributed by atoms with Crippen LogP contribution in [0, 0.1) is 0 Å². The molecule has 0 bridgehead atoms. The Bertz CT molecular complexity index is 382. The second kappa shape index (κ2) is 5.05. The number of carbonyl (C=O) groups is 1. The second-order valence-electron chi connectivity index (χ2n) is 2.76. The maximum Gasteiger partial charge on any atom is 0.129 e. The third kappa shape index (κ3) is 3.02. The van der Waals surface area contributed by atoms with Crippen molar-refractivity contribution in [2.45, 2.75) is 0 Å². The smallest absolute Gasteiger partial charge is 0.129 e. The SMILES string of the molecule is COc1ccc(C=CC(=O)[O-])c(OC)c1. The lowest BCUT2D eigenvalue weighted by atomic mass is 10.2. The van der Waals surface area contributed by atoms with Crippen LogP contribution in [0.2, 0.25) is 0 Å². The second-order valence-corrected chi connectivity index (χ2v) is 2.76. The number of aliphatic carboxylic acids is 1. The molecule has 0 heterocycles. The summed E-state index contributed by atoms with van der Waals surface area (Å²) in [6, 6.07) is 5.10. The number of hydrogen-bond donors (Lipinski definition) is 0. The molecule has 1 rings (SSSR count). The zero-order chi connectivity index (χ0) is 11.3. The van der Waals surface area contributed by atoms with Crippen molar-refractivity contribution in [3.05, 3.63) is 29.8 Å². The zero-order valence-electron chi connectivity index (χ0n) is 8.52. The Balaban J connectivity index is 3.02. The lowest BCUT2D eigenvalue weighted by Crippen LogP contribution is -2.18. The molecule has 0 aliphatic carbocycles. The Labute approximate surface area is 87.7 Å². The highest BCUT2D eigenvalue weighted by molar-refractivity contribution is 5.84. The van der Waals surface area contributed by atoms with Gasteiger partial charge in [-0.25, -0.2) is 0 Å². The van der Waals surface area contributed by atoms with Crippen LogP contribution in [0.15, 0.2) is 24.3 Å². The molecule has 0 unspecified atom stereocenters. The van der Waals surface area contributed by atoms with Gasteiger partial charge in [-0.1, -0.05) is 0 Å². The number of methoxy groups -OCH3 is 2. The molecule has 0 aromatic heterocycles. The van der Waals surface area contributed by atoms with Crippen molar-refractivity contribution in [1.29, 1.82) is 0 Å². The van der Waals surface area contributed by atoms with Gasteiger partial charge in [0.1, 0.15) is 11.5 Å². The third-order valence-corrected chi connectivity index (χ3v) is 1.84. The van der Waals surface area contributed by atoms with Crippen LogP contribution < -0.4 is 14.6 Å². The highest BCUT2D eigenvalue weighted by atomic mass is 16.5. The molecule has 0 atom stereocenters. The first-order valence-electron chi connectivity index (χ1n) is 4.28. The third-order valence-electron chi connectivity index (χ3n) is 1.84. The number of hydrogen-bond acceptors (Lipinski definition) is 4. The minimum absolute atomic E-state index is 0.548. The highest BCUT2D eigenvalue weighted by Crippen LogP contribution is 2.25. The van der Waals surface area contributed by atoms with Crippen molar-refractivity contribution in [3.8, 4) is 11.5 Å². The fraction of sp³-hybridized carbons (Fsp3) is 0.182. The number of carbonyl (C=O) groups excluding carboxylic acids is 1. The standard InChI is InChI=1S/C11H12O4/c1-14-9-5-3-8(4-6-11(12)13)10(7-9)15-2/h3-7H,1-2H3,(H,12,13)/p-1. The van der Waals surface area contributed by atoms with E-state index < -0.39 is 5.97 Å². The quantitative estimate of drug-likeness (QED) is 0.673. The lowest BCUT2D eigenvalue weighted by Gasteiger charge is -2.07. The van der Waals surface area contributed by atoms with Crippen LogP contribution in [0.1, 0.15) is 5.56 Å². The molecule has 4 nitrogen and oxygen atoms in total. The van der Waals surface area contributed by atoms with Gasteiger partial charge in [-0.05, 0) is 24.3 Å². The molecule has 0 saturated carbocycles. The molecule has 1 aromatic carbocycles. The molecule has 0 spiro atoms. The van der Waals surface area contributed by atoms with E-state index in [0.717, 1.165) is 6.08 Å². The van der Waals surface area contributed by atoms with Crippen molar-refractivity contribution in [2.75, 3.05) is 14.2 Å². The molecule has 0 aliphatic heterocycles. The molecular formula is C11H11O4-. The van der Waals surface area contributed by atoms with Crippen molar-refractivity contribution < 1.29 is 19.4 Å². The first-order chi connectivity index (χ1) is 7.17.